The van der Waals surface area contributed by atoms with Crippen LogP contribution in [0.15, 0.2) is 18.3 Å². The van der Waals surface area contributed by atoms with Crippen LogP contribution < -0.4 is 10.2 Å². The Hall–Kier alpha value is -1.60. The molecule has 4 nitrogen and oxygen atoms in total. The van der Waals surface area contributed by atoms with Gasteiger partial charge in [0.2, 0.25) is 0 Å². The van der Waals surface area contributed by atoms with Crippen LogP contribution in [-0.2, 0) is 0 Å². The second-order valence-electron chi connectivity index (χ2n) is 4.15. The Labute approximate surface area is 88.5 Å². The van der Waals surface area contributed by atoms with Crippen LogP contribution in [-0.4, -0.2) is 30.7 Å². The number of nitrogens with zero attached hydrogens (tertiary/aromatic N) is 3. The number of hydrogen-bond donors (Lipinski definition) is 1. The summed E-state index contributed by atoms with van der Waals surface area (Å²) < 4.78 is 0. The Bertz CT molecular complexity index is 406. The van der Waals surface area contributed by atoms with Crippen LogP contribution in [0.4, 0.5) is 5.82 Å². The molecule has 76 valence electrons. The van der Waals surface area contributed by atoms with Crippen LogP contribution in [0.3, 0.4) is 0 Å². The van der Waals surface area contributed by atoms with Gasteiger partial charge in [0, 0.05) is 37.8 Å². The van der Waals surface area contributed by atoms with Gasteiger partial charge in [0.15, 0.2) is 0 Å². The van der Waals surface area contributed by atoms with Crippen molar-refractivity contribution in [1.82, 2.24) is 10.3 Å². The zero-order valence-corrected chi connectivity index (χ0v) is 8.35. The molecule has 0 saturated carbocycles. The minimum Gasteiger partial charge on any atom is -0.352 e. The van der Waals surface area contributed by atoms with Crippen LogP contribution in [0.5, 0.6) is 0 Å². The lowest BCUT2D eigenvalue weighted by atomic mass is 9.92. The molecule has 0 amide bonds. The van der Waals surface area contributed by atoms with E-state index in [2.05, 4.69) is 21.3 Å². The van der Waals surface area contributed by atoms with Crippen LogP contribution in [0.25, 0.3) is 0 Å². The minimum atomic E-state index is 0.616. The first-order chi connectivity index (χ1) is 7.38. The normalized spacial score (nSPS) is 28.1. The Morgan fingerprint density at radius 3 is 3.07 bits per heavy atom. The molecule has 0 radical (unpaired) electrons. The average Bonchev–Trinajstić information content (AvgIpc) is 2.61. The van der Waals surface area contributed by atoms with E-state index in [9.17, 15) is 0 Å². The van der Waals surface area contributed by atoms with Crippen molar-refractivity contribution in [3.63, 3.8) is 0 Å². The number of hydrogen-bond acceptors (Lipinski definition) is 4. The van der Waals surface area contributed by atoms with Crippen LogP contribution >= 0.6 is 0 Å². The average molecular weight is 200 g/mol. The molecular formula is C11H12N4. The molecule has 15 heavy (non-hydrogen) atoms. The summed E-state index contributed by atoms with van der Waals surface area (Å²) in [5.41, 5.74) is 0.625. The van der Waals surface area contributed by atoms with E-state index in [0.717, 1.165) is 31.4 Å². The number of fused-ring (bicyclic) bond motifs is 1. The molecule has 0 aliphatic carbocycles. The summed E-state index contributed by atoms with van der Waals surface area (Å²) in [4.78, 5) is 6.62. The number of aromatic nitrogens is 1. The second-order valence-corrected chi connectivity index (χ2v) is 4.15. The number of anilines is 1. The molecule has 2 fully saturated rings. The lowest BCUT2D eigenvalue weighted by Gasteiger charge is -2.44. The van der Waals surface area contributed by atoms with Gasteiger partial charge >= 0.3 is 0 Å². The fourth-order valence-corrected chi connectivity index (χ4v) is 2.41. The lowest BCUT2D eigenvalue weighted by Crippen LogP contribution is -2.56. The van der Waals surface area contributed by atoms with Gasteiger partial charge in [-0.25, -0.2) is 4.98 Å². The Morgan fingerprint density at radius 2 is 2.40 bits per heavy atom. The zero-order chi connectivity index (χ0) is 10.3. The molecule has 2 aliphatic rings. The fraction of sp³-hybridized carbons (Fsp3) is 0.455. The minimum absolute atomic E-state index is 0.616. The zero-order valence-electron chi connectivity index (χ0n) is 8.35. The first kappa shape index (κ1) is 8.69. The summed E-state index contributed by atoms with van der Waals surface area (Å²) in [5, 5.41) is 12.1. The van der Waals surface area contributed by atoms with Gasteiger partial charge in [-0.2, -0.15) is 5.26 Å². The van der Waals surface area contributed by atoms with Gasteiger partial charge in [0.05, 0.1) is 5.56 Å². The van der Waals surface area contributed by atoms with Crippen molar-refractivity contribution < 1.29 is 0 Å². The summed E-state index contributed by atoms with van der Waals surface area (Å²) in [6, 6.07) is 6.47. The molecule has 3 heterocycles. The quantitative estimate of drug-likeness (QED) is 0.711. The third-order valence-corrected chi connectivity index (χ3v) is 3.31. The van der Waals surface area contributed by atoms with Gasteiger partial charge in [-0.3, -0.25) is 0 Å². The third kappa shape index (κ3) is 1.28. The van der Waals surface area contributed by atoms with Gasteiger partial charge in [0.1, 0.15) is 11.9 Å². The van der Waals surface area contributed by atoms with Crippen molar-refractivity contribution in [2.24, 2.45) is 5.92 Å². The highest BCUT2D eigenvalue weighted by atomic mass is 15.3. The van der Waals surface area contributed by atoms with Crippen LogP contribution in [0, 0.1) is 17.2 Å². The second kappa shape index (κ2) is 3.21. The maximum absolute atomic E-state index is 8.67. The largest absolute Gasteiger partial charge is 0.352 e. The first-order valence-corrected chi connectivity index (χ1v) is 5.22. The van der Waals surface area contributed by atoms with Gasteiger partial charge < -0.3 is 10.2 Å². The van der Waals surface area contributed by atoms with Crippen molar-refractivity contribution in [2.45, 2.75) is 6.04 Å². The topological polar surface area (TPSA) is 52.0 Å². The Morgan fingerprint density at radius 1 is 1.47 bits per heavy atom. The number of nitriles is 1. The highest BCUT2D eigenvalue weighted by Gasteiger charge is 2.42. The maximum Gasteiger partial charge on any atom is 0.128 e. The summed E-state index contributed by atoms with van der Waals surface area (Å²) >= 11 is 0. The SMILES string of the molecule is N#Cc1ccc(N2C[C@@H]3CNC[C@@H]32)nc1. The molecule has 1 N–H and O–H groups in total. The molecule has 2 atom stereocenters. The van der Waals surface area contributed by atoms with Gasteiger partial charge in [-0.15, -0.1) is 0 Å². The van der Waals surface area contributed by atoms with E-state index in [1.807, 2.05) is 12.1 Å². The lowest BCUT2D eigenvalue weighted by molar-refractivity contribution is 0.362. The summed E-state index contributed by atoms with van der Waals surface area (Å²) in [7, 11) is 0. The van der Waals surface area contributed by atoms with E-state index >= 15 is 0 Å². The van der Waals surface area contributed by atoms with Gasteiger partial charge in [-0.1, -0.05) is 0 Å². The van der Waals surface area contributed by atoms with E-state index in [4.69, 9.17) is 5.26 Å². The molecular weight excluding hydrogens is 188 g/mol. The van der Waals surface area contributed by atoms with Crippen molar-refractivity contribution in [3.8, 4) is 6.07 Å². The molecule has 2 saturated heterocycles. The summed E-state index contributed by atoms with van der Waals surface area (Å²) in [6.45, 7) is 3.29. The fourth-order valence-electron chi connectivity index (χ4n) is 2.41. The number of rotatable bonds is 1. The van der Waals surface area contributed by atoms with Crippen LogP contribution in [0.2, 0.25) is 0 Å². The molecule has 2 aliphatic heterocycles. The Balaban J connectivity index is 1.80. The maximum atomic E-state index is 8.67. The molecule has 0 aromatic carbocycles. The standard InChI is InChI=1S/C11H12N4/c12-3-8-1-2-11(14-4-8)15-7-9-5-13-6-10(9)15/h1-2,4,9-10,13H,5-7H2/t9-,10-/m0/s1. The third-order valence-electron chi connectivity index (χ3n) is 3.31. The van der Waals surface area contributed by atoms with E-state index < -0.39 is 0 Å². The van der Waals surface area contributed by atoms with Crippen LogP contribution in [0.1, 0.15) is 5.56 Å². The van der Waals surface area contributed by atoms with Crippen molar-refractivity contribution >= 4 is 5.82 Å². The predicted octanol–water partition coefficient (Wildman–Crippen LogP) is 0.361. The first-order valence-electron chi connectivity index (χ1n) is 5.22. The van der Waals surface area contributed by atoms with Crippen molar-refractivity contribution in [2.75, 3.05) is 24.5 Å². The molecule has 0 unspecified atom stereocenters. The van der Waals surface area contributed by atoms with Crippen molar-refractivity contribution in [3.05, 3.63) is 23.9 Å². The van der Waals surface area contributed by atoms with E-state index in [-0.39, 0.29) is 0 Å². The van der Waals surface area contributed by atoms with Gasteiger partial charge in [-0.05, 0) is 12.1 Å². The monoisotopic (exact) mass is 200 g/mol. The molecule has 1 aromatic rings. The van der Waals surface area contributed by atoms with E-state index in [1.165, 1.54) is 0 Å². The molecule has 4 heteroatoms. The summed E-state index contributed by atoms with van der Waals surface area (Å²) in [5.74, 6) is 1.79. The van der Waals surface area contributed by atoms with Crippen molar-refractivity contribution in [1.29, 1.82) is 5.26 Å². The number of nitrogens with one attached hydrogen (secondary N) is 1. The highest BCUT2D eigenvalue weighted by Crippen LogP contribution is 2.31. The number of pyridine rings is 1. The molecule has 1 aromatic heterocycles. The van der Waals surface area contributed by atoms with Gasteiger partial charge in [0.25, 0.3) is 0 Å². The van der Waals surface area contributed by atoms with E-state index in [0.29, 0.717) is 11.6 Å². The predicted molar refractivity (Wildman–Crippen MR) is 56.4 cm³/mol. The molecule has 0 bridgehead atoms. The highest BCUT2D eigenvalue weighted by molar-refractivity contribution is 5.46. The smallest absolute Gasteiger partial charge is 0.128 e. The summed E-state index contributed by atoms with van der Waals surface area (Å²) in [6.07, 6.45) is 1.64. The molecule has 0 spiro atoms. The Kier molecular flexibility index (Phi) is 1.86. The molecule has 3 rings (SSSR count). The van der Waals surface area contributed by atoms with E-state index in [1.54, 1.807) is 6.20 Å².